The summed E-state index contributed by atoms with van der Waals surface area (Å²) in [4.78, 5) is 12.7. The first-order chi connectivity index (χ1) is 10.1. The lowest BCUT2D eigenvalue weighted by atomic mass is 10.2. The van der Waals surface area contributed by atoms with E-state index in [1.807, 2.05) is 11.4 Å². The van der Waals surface area contributed by atoms with Crippen molar-refractivity contribution in [2.24, 2.45) is 5.73 Å². The van der Waals surface area contributed by atoms with Crippen molar-refractivity contribution in [3.63, 3.8) is 0 Å². The molecule has 0 fully saturated rings. The van der Waals surface area contributed by atoms with Gasteiger partial charge in [0.15, 0.2) is 0 Å². The summed E-state index contributed by atoms with van der Waals surface area (Å²) < 4.78 is 26.5. The molecule has 0 saturated heterocycles. The lowest BCUT2D eigenvalue weighted by Crippen LogP contribution is -2.23. The first kappa shape index (κ1) is 15.2. The monoisotopic (exact) mass is 306 g/mol. The summed E-state index contributed by atoms with van der Waals surface area (Å²) >= 11 is 1.42. The van der Waals surface area contributed by atoms with E-state index in [1.54, 1.807) is 0 Å². The van der Waals surface area contributed by atoms with Crippen LogP contribution in [0.4, 0.5) is 8.78 Å². The van der Waals surface area contributed by atoms with Crippen LogP contribution < -0.4 is 11.1 Å². The summed E-state index contributed by atoms with van der Waals surface area (Å²) in [6.45, 7) is 0.504. The van der Waals surface area contributed by atoms with Crippen LogP contribution in [0.15, 0.2) is 29.6 Å². The molecule has 0 saturated carbocycles. The molecule has 2 aromatic rings. The van der Waals surface area contributed by atoms with E-state index in [1.165, 1.54) is 11.3 Å². The second-order valence-electron chi connectivity index (χ2n) is 4.11. The summed E-state index contributed by atoms with van der Waals surface area (Å²) in [7, 11) is 0. The molecule has 0 aliphatic heterocycles. The molecule has 6 heteroatoms. The Morgan fingerprint density at radius 2 is 2.14 bits per heavy atom. The third kappa shape index (κ3) is 4.12. The number of hydrogen-bond acceptors (Lipinski definition) is 3. The number of carbonyl (C=O) groups is 1. The molecule has 21 heavy (non-hydrogen) atoms. The van der Waals surface area contributed by atoms with Gasteiger partial charge >= 0.3 is 0 Å². The second kappa shape index (κ2) is 6.97. The third-order valence-electron chi connectivity index (χ3n) is 2.58. The van der Waals surface area contributed by atoms with Crippen LogP contribution in [0.2, 0.25) is 0 Å². The molecule has 0 radical (unpaired) electrons. The van der Waals surface area contributed by atoms with E-state index in [9.17, 15) is 13.6 Å². The molecule has 1 heterocycles. The normalized spacial score (nSPS) is 9.86. The molecule has 0 bridgehead atoms. The number of benzene rings is 1. The fraction of sp³-hybridized carbons (Fsp3) is 0.133. The highest BCUT2D eigenvalue weighted by Gasteiger charge is 2.12. The number of halogens is 2. The quantitative estimate of drug-likeness (QED) is 0.855. The lowest BCUT2D eigenvalue weighted by molar-refractivity contribution is 0.0946. The number of amides is 1. The van der Waals surface area contributed by atoms with Crippen LogP contribution in [-0.2, 0) is 6.54 Å². The van der Waals surface area contributed by atoms with Gasteiger partial charge in [0.05, 0.1) is 18.7 Å². The maximum absolute atomic E-state index is 13.4. The Balaban J connectivity index is 2.01. The van der Waals surface area contributed by atoms with Crippen molar-refractivity contribution in [1.29, 1.82) is 0 Å². The molecule has 0 unspecified atom stereocenters. The zero-order valence-electron chi connectivity index (χ0n) is 11.0. The van der Waals surface area contributed by atoms with Crippen LogP contribution in [0.1, 0.15) is 20.8 Å². The highest BCUT2D eigenvalue weighted by molar-refractivity contribution is 7.10. The number of carbonyl (C=O) groups excluding carboxylic acids is 1. The molecule has 0 aliphatic rings. The van der Waals surface area contributed by atoms with Crippen LogP contribution in [0.5, 0.6) is 0 Å². The molecule has 0 spiro atoms. The van der Waals surface area contributed by atoms with Crippen molar-refractivity contribution in [3.8, 4) is 11.8 Å². The van der Waals surface area contributed by atoms with Gasteiger partial charge in [0.25, 0.3) is 5.91 Å². The van der Waals surface area contributed by atoms with Gasteiger partial charge in [-0.15, -0.1) is 11.3 Å². The number of thiophene rings is 1. The zero-order valence-corrected chi connectivity index (χ0v) is 11.8. The summed E-state index contributed by atoms with van der Waals surface area (Å²) in [6.07, 6.45) is 0. The van der Waals surface area contributed by atoms with E-state index < -0.39 is 17.5 Å². The van der Waals surface area contributed by atoms with Gasteiger partial charge in [-0.05, 0) is 24.3 Å². The Morgan fingerprint density at radius 1 is 1.33 bits per heavy atom. The van der Waals surface area contributed by atoms with E-state index in [4.69, 9.17) is 5.73 Å². The van der Waals surface area contributed by atoms with Gasteiger partial charge in [0.2, 0.25) is 0 Å². The Bertz CT molecular complexity index is 716. The predicted molar refractivity (Wildman–Crippen MR) is 77.8 cm³/mol. The Hall–Kier alpha value is -2.23. The molecule has 108 valence electrons. The van der Waals surface area contributed by atoms with Gasteiger partial charge in [0.1, 0.15) is 11.6 Å². The van der Waals surface area contributed by atoms with Crippen molar-refractivity contribution < 1.29 is 13.6 Å². The van der Waals surface area contributed by atoms with Crippen LogP contribution in [0.25, 0.3) is 0 Å². The predicted octanol–water partition coefficient (Wildman–Crippen LogP) is 2.27. The van der Waals surface area contributed by atoms with Gasteiger partial charge in [-0.2, -0.15) is 0 Å². The molecule has 3 N–H and O–H groups in total. The summed E-state index contributed by atoms with van der Waals surface area (Å²) in [5.74, 6) is 3.53. The molecule has 0 atom stereocenters. The van der Waals surface area contributed by atoms with E-state index in [0.717, 1.165) is 28.6 Å². The standard InChI is InChI=1S/C15H12F2N2OS/c16-11-3-4-14(17)13(7-11)15(20)19-8-12-6-10(9-21-12)2-1-5-18/h3-4,6-7,9H,5,8,18H2,(H,19,20). The fourth-order valence-corrected chi connectivity index (χ4v) is 2.38. The Labute approximate surface area is 124 Å². The first-order valence-corrected chi connectivity index (χ1v) is 6.97. The largest absolute Gasteiger partial charge is 0.347 e. The van der Waals surface area contributed by atoms with Crippen LogP contribution in [-0.4, -0.2) is 12.5 Å². The first-order valence-electron chi connectivity index (χ1n) is 6.09. The van der Waals surface area contributed by atoms with Crippen molar-refractivity contribution in [2.75, 3.05) is 6.54 Å². The second-order valence-corrected chi connectivity index (χ2v) is 5.11. The van der Waals surface area contributed by atoms with E-state index in [0.29, 0.717) is 0 Å². The average Bonchev–Trinajstić information content (AvgIpc) is 2.93. The van der Waals surface area contributed by atoms with Crippen LogP contribution in [0.3, 0.4) is 0 Å². The summed E-state index contributed by atoms with van der Waals surface area (Å²) in [6, 6.07) is 4.58. The fourth-order valence-electron chi connectivity index (χ4n) is 1.63. The Morgan fingerprint density at radius 3 is 2.90 bits per heavy atom. The molecule has 1 amide bonds. The minimum Gasteiger partial charge on any atom is -0.347 e. The maximum Gasteiger partial charge on any atom is 0.254 e. The topological polar surface area (TPSA) is 55.1 Å². The smallest absolute Gasteiger partial charge is 0.254 e. The highest BCUT2D eigenvalue weighted by atomic mass is 32.1. The van der Waals surface area contributed by atoms with Crippen molar-refractivity contribution in [1.82, 2.24) is 5.32 Å². The van der Waals surface area contributed by atoms with Crippen LogP contribution >= 0.6 is 11.3 Å². The average molecular weight is 306 g/mol. The van der Waals surface area contributed by atoms with Crippen LogP contribution in [0, 0.1) is 23.5 Å². The number of rotatable bonds is 3. The molecular formula is C15H12F2N2OS. The molecule has 1 aromatic carbocycles. The van der Waals surface area contributed by atoms with Gasteiger partial charge in [-0.1, -0.05) is 11.8 Å². The SMILES string of the molecule is NCC#Cc1csc(CNC(=O)c2cc(F)ccc2F)c1. The van der Waals surface area contributed by atoms with Crippen molar-refractivity contribution >= 4 is 17.2 Å². The van der Waals surface area contributed by atoms with Gasteiger partial charge in [0, 0.05) is 15.8 Å². The summed E-state index contributed by atoms with van der Waals surface area (Å²) in [5.41, 5.74) is 5.78. The molecule has 0 aliphatic carbocycles. The number of hydrogen-bond donors (Lipinski definition) is 2. The van der Waals surface area contributed by atoms with Gasteiger partial charge in [-0.25, -0.2) is 8.78 Å². The lowest BCUT2D eigenvalue weighted by Gasteiger charge is -2.04. The zero-order chi connectivity index (χ0) is 15.2. The molecule has 3 nitrogen and oxygen atoms in total. The number of nitrogens with two attached hydrogens (primary N) is 1. The van der Waals surface area contributed by atoms with E-state index >= 15 is 0 Å². The molecule has 1 aromatic heterocycles. The number of nitrogens with one attached hydrogen (secondary N) is 1. The highest BCUT2D eigenvalue weighted by Crippen LogP contribution is 2.14. The minimum absolute atomic E-state index is 0.226. The molecular weight excluding hydrogens is 294 g/mol. The van der Waals surface area contributed by atoms with E-state index in [2.05, 4.69) is 17.2 Å². The van der Waals surface area contributed by atoms with Crippen molar-refractivity contribution in [2.45, 2.75) is 6.54 Å². The summed E-state index contributed by atoms with van der Waals surface area (Å²) in [5, 5.41) is 4.38. The minimum atomic E-state index is -0.755. The molecule has 2 rings (SSSR count). The third-order valence-corrected chi connectivity index (χ3v) is 3.52. The van der Waals surface area contributed by atoms with E-state index in [-0.39, 0.29) is 18.7 Å². The van der Waals surface area contributed by atoms with Crippen molar-refractivity contribution in [3.05, 3.63) is 57.3 Å². The van der Waals surface area contributed by atoms with Gasteiger partial charge < -0.3 is 11.1 Å². The van der Waals surface area contributed by atoms with Gasteiger partial charge in [-0.3, -0.25) is 4.79 Å². The Kier molecular flexibility index (Phi) is 5.04. The maximum atomic E-state index is 13.4.